The molecule has 0 unspecified atom stereocenters. The van der Waals surface area contributed by atoms with E-state index < -0.39 is 0 Å². The second-order valence-electron chi connectivity index (χ2n) is 5.86. The smallest absolute Gasteiger partial charge is 0.319 e. The van der Waals surface area contributed by atoms with E-state index in [9.17, 15) is 4.79 Å². The predicted octanol–water partition coefficient (Wildman–Crippen LogP) is 4.76. The summed E-state index contributed by atoms with van der Waals surface area (Å²) >= 11 is 1.63. The number of amides is 2. The zero-order chi connectivity index (χ0) is 19.9. The Hall–Kier alpha value is -3.19. The zero-order valence-corrected chi connectivity index (χ0v) is 16.8. The average molecular weight is 398 g/mol. The van der Waals surface area contributed by atoms with Gasteiger partial charge in [0, 0.05) is 17.0 Å². The molecule has 1 aromatic heterocycles. The molecule has 0 atom stereocenters. The maximum Gasteiger partial charge on any atom is 0.319 e. The van der Waals surface area contributed by atoms with Crippen LogP contribution in [0.15, 0.2) is 53.9 Å². The van der Waals surface area contributed by atoms with Crippen molar-refractivity contribution in [2.24, 2.45) is 0 Å². The van der Waals surface area contributed by atoms with Gasteiger partial charge in [-0.1, -0.05) is 24.3 Å². The number of hydrogen-bond acceptors (Lipinski definition) is 5. The monoisotopic (exact) mass is 398 g/mol. The van der Waals surface area contributed by atoms with Crippen molar-refractivity contribution in [1.82, 2.24) is 5.32 Å². The molecule has 7 heteroatoms. The Balaban J connectivity index is 1.71. The fourth-order valence-corrected chi connectivity index (χ4v) is 3.59. The Morgan fingerprint density at radius 3 is 2.29 bits per heavy atom. The molecule has 2 N–H and O–H groups in total. The van der Waals surface area contributed by atoms with Gasteiger partial charge in [0.25, 0.3) is 0 Å². The standard InChI is InChI=1S/C21H22N2O4S/c1-25-17-11-14(12-18(26-2)20(17)27-3)13-22-21(24)23-16-8-5-4-7-15(16)19-9-6-10-28-19/h4-12H,13H2,1-3H3,(H2,22,23,24). The molecular formula is C21H22N2O4S. The molecule has 28 heavy (non-hydrogen) atoms. The molecule has 146 valence electrons. The highest BCUT2D eigenvalue weighted by Gasteiger charge is 2.14. The number of methoxy groups -OCH3 is 3. The van der Waals surface area contributed by atoms with Crippen LogP contribution in [0.3, 0.4) is 0 Å². The first kappa shape index (κ1) is 19.6. The number of carbonyl (C=O) groups is 1. The normalized spacial score (nSPS) is 10.2. The number of para-hydroxylation sites is 1. The van der Waals surface area contributed by atoms with E-state index in [-0.39, 0.29) is 6.03 Å². The summed E-state index contributed by atoms with van der Waals surface area (Å²) in [7, 11) is 4.67. The first-order chi connectivity index (χ1) is 13.7. The molecule has 1 heterocycles. The summed E-state index contributed by atoms with van der Waals surface area (Å²) in [5, 5.41) is 7.79. The molecule has 0 radical (unpaired) electrons. The van der Waals surface area contributed by atoms with Crippen LogP contribution in [0.4, 0.5) is 10.5 Å². The van der Waals surface area contributed by atoms with Crippen molar-refractivity contribution in [1.29, 1.82) is 0 Å². The SMILES string of the molecule is COc1cc(CNC(=O)Nc2ccccc2-c2cccs2)cc(OC)c1OC. The minimum absolute atomic E-state index is 0.294. The first-order valence-corrected chi connectivity index (χ1v) is 9.51. The van der Waals surface area contributed by atoms with E-state index in [2.05, 4.69) is 10.6 Å². The quantitative estimate of drug-likeness (QED) is 0.602. The molecule has 0 aliphatic heterocycles. The second-order valence-corrected chi connectivity index (χ2v) is 6.81. The van der Waals surface area contributed by atoms with Crippen LogP contribution < -0.4 is 24.8 Å². The number of anilines is 1. The zero-order valence-electron chi connectivity index (χ0n) is 15.9. The molecule has 2 aromatic carbocycles. The molecular weight excluding hydrogens is 376 g/mol. The first-order valence-electron chi connectivity index (χ1n) is 8.63. The number of hydrogen-bond donors (Lipinski definition) is 2. The minimum atomic E-state index is -0.294. The average Bonchev–Trinajstić information content (AvgIpc) is 3.26. The van der Waals surface area contributed by atoms with Gasteiger partial charge in [-0.15, -0.1) is 11.3 Å². The molecule has 0 fully saturated rings. The molecule has 0 aliphatic rings. The lowest BCUT2D eigenvalue weighted by molar-refractivity contribution is 0.251. The molecule has 3 aromatic rings. The van der Waals surface area contributed by atoms with E-state index in [0.717, 1.165) is 21.7 Å². The van der Waals surface area contributed by atoms with Gasteiger partial charge in [0.1, 0.15) is 0 Å². The highest BCUT2D eigenvalue weighted by molar-refractivity contribution is 7.13. The number of rotatable bonds is 7. The topological polar surface area (TPSA) is 68.8 Å². The summed E-state index contributed by atoms with van der Waals surface area (Å²) < 4.78 is 16.0. The van der Waals surface area contributed by atoms with Crippen molar-refractivity contribution in [3.63, 3.8) is 0 Å². The lowest BCUT2D eigenvalue weighted by Gasteiger charge is -2.15. The molecule has 0 spiro atoms. The van der Waals surface area contributed by atoms with Crippen molar-refractivity contribution < 1.29 is 19.0 Å². The maximum absolute atomic E-state index is 12.4. The van der Waals surface area contributed by atoms with Crippen LogP contribution in [-0.4, -0.2) is 27.4 Å². The fraction of sp³-hybridized carbons (Fsp3) is 0.190. The Morgan fingerprint density at radius 2 is 1.68 bits per heavy atom. The van der Waals surface area contributed by atoms with E-state index in [1.54, 1.807) is 44.8 Å². The van der Waals surface area contributed by atoms with Crippen LogP contribution in [0.5, 0.6) is 17.2 Å². The van der Waals surface area contributed by atoms with Crippen LogP contribution in [-0.2, 0) is 6.54 Å². The van der Waals surface area contributed by atoms with Crippen molar-refractivity contribution in [3.05, 3.63) is 59.5 Å². The van der Waals surface area contributed by atoms with Gasteiger partial charge in [0.15, 0.2) is 11.5 Å². The van der Waals surface area contributed by atoms with Crippen LogP contribution in [0, 0.1) is 0 Å². The van der Waals surface area contributed by atoms with Gasteiger partial charge >= 0.3 is 6.03 Å². The van der Waals surface area contributed by atoms with Gasteiger partial charge in [0.05, 0.1) is 27.0 Å². The highest BCUT2D eigenvalue weighted by Crippen LogP contribution is 2.38. The van der Waals surface area contributed by atoms with Gasteiger partial charge in [-0.2, -0.15) is 0 Å². The third kappa shape index (κ3) is 4.37. The van der Waals surface area contributed by atoms with Gasteiger partial charge in [-0.25, -0.2) is 4.79 Å². The van der Waals surface area contributed by atoms with Crippen LogP contribution in [0.2, 0.25) is 0 Å². The van der Waals surface area contributed by atoms with Crippen molar-refractivity contribution >= 4 is 23.1 Å². The van der Waals surface area contributed by atoms with E-state index in [4.69, 9.17) is 14.2 Å². The van der Waals surface area contributed by atoms with Crippen LogP contribution >= 0.6 is 11.3 Å². The largest absolute Gasteiger partial charge is 0.493 e. The molecule has 3 rings (SSSR count). The van der Waals surface area contributed by atoms with E-state index in [1.165, 1.54) is 0 Å². The lowest BCUT2D eigenvalue weighted by Crippen LogP contribution is -2.28. The maximum atomic E-state index is 12.4. The Labute approximate surface area is 168 Å². The number of nitrogens with one attached hydrogen (secondary N) is 2. The number of benzene rings is 2. The number of thiophene rings is 1. The Morgan fingerprint density at radius 1 is 0.964 bits per heavy atom. The number of carbonyl (C=O) groups excluding carboxylic acids is 1. The van der Waals surface area contributed by atoms with Crippen molar-refractivity contribution in [2.75, 3.05) is 26.6 Å². The van der Waals surface area contributed by atoms with Gasteiger partial charge in [-0.05, 0) is 35.2 Å². The molecule has 0 saturated carbocycles. The van der Waals surface area contributed by atoms with Crippen LogP contribution in [0.1, 0.15) is 5.56 Å². The van der Waals surface area contributed by atoms with Crippen molar-refractivity contribution in [2.45, 2.75) is 6.54 Å². The second kappa shape index (κ2) is 9.14. The van der Waals surface area contributed by atoms with Crippen LogP contribution in [0.25, 0.3) is 10.4 Å². The molecule has 2 amide bonds. The summed E-state index contributed by atoms with van der Waals surface area (Å²) in [6.45, 7) is 0.309. The Bertz CT molecular complexity index is 916. The van der Waals surface area contributed by atoms with Crippen molar-refractivity contribution in [3.8, 4) is 27.7 Å². The van der Waals surface area contributed by atoms with E-state index >= 15 is 0 Å². The summed E-state index contributed by atoms with van der Waals surface area (Å²) in [4.78, 5) is 13.5. The highest BCUT2D eigenvalue weighted by atomic mass is 32.1. The molecule has 0 bridgehead atoms. The third-order valence-corrected chi connectivity index (χ3v) is 5.04. The molecule has 0 saturated heterocycles. The third-order valence-electron chi connectivity index (χ3n) is 4.14. The number of ether oxygens (including phenoxy) is 3. The number of urea groups is 1. The van der Waals surface area contributed by atoms with Gasteiger partial charge in [-0.3, -0.25) is 0 Å². The molecule has 6 nitrogen and oxygen atoms in total. The van der Waals surface area contributed by atoms with Gasteiger partial charge in [0.2, 0.25) is 5.75 Å². The van der Waals surface area contributed by atoms with E-state index in [0.29, 0.717) is 23.8 Å². The predicted molar refractivity (Wildman–Crippen MR) is 112 cm³/mol. The van der Waals surface area contributed by atoms with E-state index in [1.807, 2.05) is 41.8 Å². The fourth-order valence-electron chi connectivity index (χ4n) is 2.83. The summed E-state index contributed by atoms with van der Waals surface area (Å²) in [5.74, 6) is 1.60. The summed E-state index contributed by atoms with van der Waals surface area (Å²) in [6, 6.07) is 15.1. The lowest BCUT2D eigenvalue weighted by atomic mass is 10.1. The summed E-state index contributed by atoms with van der Waals surface area (Å²) in [5.41, 5.74) is 2.57. The minimum Gasteiger partial charge on any atom is -0.493 e. The molecule has 0 aliphatic carbocycles. The summed E-state index contributed by atoms with van der Waals surface area (Å²) in [6.07, 6.45) is 0. The van der Waals surface area contributed by atoms with Gasteiger partial charge < -0.3 is 24.8 Å². The Kier molecular flexibility index (Phi) is 6.39.